The standard InChI is InChI=1S/C20H18ClNO2/c1-3-10-24-15-8-5-7-14(11-15)18-12-17(20(21)23)16-9-4-6-13(2)19(16)22-18/h4-9,11-12H,3,10H2,1-2H3. The maximum absolute atomic E-state index is 11.9. The van der Waals surface area contributed by atoms with Crippen LogP contribution >= 0.6 is 11.6 Å². The lowest BCUT2D eigenvalue weighted by Gasteiger charge is -2.10. The van der Waals surface area contributed by atoms with Gasteiger partial charge in [0, 0.05) is 16.5 Å². The molecule has 0 unspecified atom stereocenters. The zero-order chi connectivity index (χ0) is 17.1. The van der Waals surface area contributed by atoms with E-state index in [0.717, 1.165) is 34.2 Å². The average molecular weight is 340 g/mol. The van der Waals surface area contributed by atoms with E-state index >= 15 is 0 Å². The van der Waals surface area contributed by atoms with Gasteiger partial charge >= 0.3 is 0 Å². The predicted molar refractivity (Wildman–Crippen MR) is 97.9 cm³/mol. The van der Waals surface area contributed by atoms with Gasteiger partial charge in [0.2, 0.25) is 0 Å². The number of nitrogens with zero attached hydrogens (tertiary/aromatic N) is 1. The summed E-state index contributed by atoms with van der Waals surface area (Å²) < 4.78 is 5.69. The summed E-state index contributed by atoms with van der Waals surface area (Å²) in [7, 11) is 0. The van der Waals surface area contributed by atoms with Crippen molar-refractivity contribution in [1.82, 2.24) is 4.98 Å². The summed E-state index contributed by atoms with van der Waals surface area (Å²) in [5.74, 6) is 0.791. The van der Waals surface area contributed by atoms with Crippen molar-refractivity contribution in [2.24, 2.45) is 0 Å². The minimum atomic E-state index is -0.479. The first-order valence-corrected chi connectivity index (χ1v) is 8.31. The van der Waals surface area contributed by atoms with Crippen molar-refractivity contribution in [3.8, 4) is 17.0 Å². The summed E-state index contributed by atoms with van der Waals surface area (Å²) in [4.78, 5) is 16.6. The molecule has 0 aliphatic heterocycles. The van der Waals surface area contributed by atoms with Crippen molar-refractivity contribution in [2.45, 2.75) is 20.3 Å². The average Bonchev–Trinajstić information content (AvgIpc) is 2.59. The second kappa shape index (κ2) is 7.02. The molecule has 0 aliphatic carbocycles. The number of rotatable bonds is 5. The van der Waals surface area contributed by atoms with Gasteiger partial charge in [-0.2, -0.15) is 0 Å². The number of aryl methyl sites for hydroxylation is 1. The largest absolute Gasteiger partial charge is 0.494 e. The number of hydrogen-bond acceptors (Lipinski definition) is 3. The number of aromatic nitrogens is 1. The number of fused-ring (bicyclic) bond motifs is 1. The summed E-state index contributed by atoms with van der Waals surface area (Å²) in [6.07, 6.45) is 0.947. The Labute approximate surface area is 146 Å². The fraction of sp³-hybridized carbons (Fsp3) is 0.200. The number of benzene rings is 2. The van der Waals surface area contributed by atoms with E-state index in [9.17, 15) is 4.79 Å². The molecule has 0 saturated carbocycles. The highest BCUT2D eigenvalue weighted by atomic mass is 35.5. The van der Waals surface area contributed by atoms with Crippen LogP contribution in [0.5, 0.6) is 5.75 Å². The van der Waals surface area contributed by atoms with E-state index in [2.05, 4.69) is 6.92 Å². The quantitative estimate of drug-likeness (QED) is 0.586. The predicted octanol–water partition coefficient (Wildman–Crippen LogP) is 5.38. The van der Waals surface area contributed by atoms with Crippen LogP contribution in [0, 0.1) is 6.92 Å². The Kier molecular flexibility index (Phi) is 4.81. The molecule has 122 valence electrons. The minimum absolute atomic E-state index is 0.472. The molecule has 0 atom stereocenters. The van der Waals surface area contributed by atoms with Crippen molar-refractivity contribution in [2.75, 3.05) is 6.61 Å². The molecule has 0 N–H and O–H groups in total. The van der Waals surface area contributed by atoms with Gasteiger partial charge in [0.1, 0.15) is 5.75 Å². The van der Waals surface area contributed by atoms with Gasteiger partial charge in [0.05, 0.1) is 17.8 Å². The van der Waals surface area contributed by atoms with Gasteiger partial charge in [-0.3, -0.25) is 4.79 Å². The third-order valence-electron chi connectivity index (χ3n) is 3.86. The van der Waals surface area contributed by atoms with E-state index in [0.29, 0.717) is 17.9 Å². The zero-order valence-corrected chi connectivity index (χ0v) is 14.4. The molecule has 1 heterocycles. The van der Waals surface area contributed by atoms with E-state index < -0.39 is 5.24 Å². The second-order valence-corrected chi connectivity index (χ2v) is 6.02. The Hall–Kier alpha value is -2.39. The van der Waals surface area contributed by atoms with E-state index in [1.54, 1.807) is 6.07 Å². The normalized spacial score (nSPS) is 10.8. The number of hydrogen-bond donors (Lipinski definition) is 0. The number of pyridine rings is 1. The van der Waals surface area contributed by atoms with Crippen molar-refractivity contribution < 1.29 is 9.53 Å². The van der Waals surface area contributed by atoms with Crippen LogP contribution in [0.1, 0.15) is 29.3 Å². The van der Waals surface area contributed by atoms with Crippen molar-refractivity contribution in [1.29, 1.82) is 0 Å². The third-order valence-corrected chi connectivity index (χ3v) is 4.06. The summed E-state index contributed by atoms with van der Waals surface area (Å²) in [6, 6.07) is 15.2. The van der Waals surface area contributed by atoms with Crippen molar-refractivity contribution >= 4 is 27.7 Å². The molecule has 0 spiro atoms. The number of ether oxygens (including phenoxy) is 1. The number of carbonyl (C=O) groups is 1. The van der Waals surface area contributed by atoms with Crippen LogP contribution in [0.3, 0.4) is 0 Å². The lowest BCUT2D eigenvalue weighted by molar-refractivity contribution is 0.108. The highest BCUT2D eigenvalue weighted by Crippen LogP contribution is 2.29. The minimum Gasteiger partial charge on any atom is -0.494 e. The highest BCUT2D eigenvalue weighted by molar-refractivity contribution is 6.68. The van der Waals surface area contributed by atoms with Crippen LogP contribution in [-0.4, -0.2) is 16.8 Å². The number of halogens is 1. The molecule has 0 bridgehead atoms. The monoisotopic (exact) mass is 339 g/mol. The van der Waals surface area contributed by atoms with Gasteiger partial charge in [-0.25, -0.2) is 4.98 Å². The molecular formula is C20H18ClNO2. The molecule has 3 rings (SSSR count). The Morgan fingerprint density at radius 1 is 1.17 bits per heavy atom. The first kappa shape index (κ1) is 16.5. The summed E-state index contributed by atoms with van der Waals surface area (Å²) >= 11 is 5.80. The van der Waals surface area contributed by atoms with Crippen LogP contribution in [0.25, 0.3) is 22.2 Å². The fourth-order valence-corrected chi connectivity index (χ4v) is 2.82. The number of para-hydroxylation sites is 1. The van der Waals surface area contributed by atoms with Gasteiger partial charge in [-0.05, 0) is 48.7 Å². The van der Waals surface area contributed by atoms with Gasteiger partial charge in [-0.15, -0.1) is 0 Å². The fourth-order valence-electron chi connectivity index (χ4n) is 2.67. The molecule has 2 aromatic carbocycles. The van der Waals surface area contributed by atoms with E-state index in [1.807, 2.05) is 49.4 Å². The van der Waals surface area contributed by atoms with Crippen LogP contribution in [0.4, 0.5) is 0 Å². The highest BCUT2D eigenvalue weighted by Gasteiger charge is 2.13. The van der Waals surface area contributed by atoms with Crippen molar-refractivity contribution in [3.63, 3.8) is 0 Å². The SMILES string of the molecule is CCCOc1cccc(-c2cc(C(=O)Cl)c3cccc(C)c3n2)c1. The van der Waals surface area contributed by atoms with Gasteiger partial charge in [0.15, 0.2) is 0 Å². The third kappa shape index (κ3) is 3.26. The molecule has 4 heteroatoms. The first-order valence-electron chi connectivity index (χ1n) is 7.93. The van der Waals surface area contributed by atoms with Crippen LogP contribution in [0.2, 0.25) is 0 Å². The Morgan fingerprint density at radius 3 is 2.71 bits per heavy atom. The molecule has 3 nitrogen and oxygen atoms in total. The molecule has 3 aromatic rings. The molecule has 0 aliphatic rings. The van der Waals surface area contributed by atoms with Gasteiger partial charge in [-0.1, -0.05) is 37.3 Å². The molecule has 0 fully saturated rings. The van der Waals surface area contributed by atoms with Gasteiger partial charge < -0.3 is 4.74 Å². The summed E-state index contributed by atoms with van der Waals surface area (Å²) in [5.41, 5.74) is 3.88. The molecule has 0 saturated heterocycles. The summed E-state index contributed by atoms with van der Waals surface area (Å²) in [5, 5.41) is 0.296. The Balaban J connectivity index is 2.16. The number of carbonyl (C=O) groups excluding carboxylic acids is 1. The van der Waals surface area contributed by atoms with Crippen molar-refractivity contribution in [3.05, 3.63) is 59.7 Å². The maximum Gasteiger partial charge on any atom is 0.253 e. The van der Waals surface area contributed by atoms with Gasteiger partial charge in [0.25, 0.3) is 5.24 Å². The van der Waals surface area contributed by atoms with Crippen LogP contribution < -0.4 is 4.74 Å². The lowest BCUT2D eigenvalue weighted by atomic mass is 10.0. The van der Waals surface area contributed by atoms with E-state index in [-0.39, 0.29) is 0 Å². The molecule has 24 heavy (non-hydrogen) atoms. The van der Waals surface area contributed by atoms with E-state index in [1.165, 1.54) is 0 Å². The Bertz CT molecular complexity index is 905. The van der Waals surface area contributed by atoms with Crippen LogP contribution in [0.15, 0.2) is 48.5 Å². The maximum atomic E-state index is 11.9. The second-order valence-electron chi connectivity index (χ2n) is 5.68. The zero-order valence-electron chi connectivity index (χ0n) is 13.7. The smallest absolute Gasteiger partial charge is 0.253 e. The summed E-state index contributed by atoms with van der Waals surface area (Å²) in [6.45, 7) is 4.71. The molecule has 0 amide bonds. The topological polar surface area (TPSA) is 39.2 Å². The lowest BCUT2D eigenvalue weighted by Crippen LogP contribution is -1.98. The first-order chi connectivity index (χ1) is 11.6. The Morgan fingerprint density at radius 2 is 1.96 bits per heavy atom. The van der Waals surface area contributed by atoms with Crippen LogP contribution in [-0.2, 0) is 0 Å². The molecule has 0 radical (unpaired) electrons. The molecule has 1 aromatic heterocycles. The van der Waals surface area contributed by atoms with E-state index in [4.69, 9.17) is 21.3 Å². The molecular weight excluding hydrogens is 322 g/mol.